The zero-order valence-electron chi connectivity index (χ0n) is 15.5. The van der Waals surface area contributed by atoms with Crippen LogP contribution in [-0.2, 0) is 10.8 Å². The Hall–Kier alpha value is -2.36. The second-order valence-electron chi connectivity index (χ2n) is 6.30. The van der Waals surface area contributed by atoms with E-state index < -0.39 is 8.56 Å². The zero-order valence-corrected chi connectivity index (χ0v) is 16.5. The van der Waals surface area contributed by atoms with E-state index in [2.05, 4.69) is 80.6 Å². The van der Waals surface area contributed by atoms with Gasteiger partial charge in [0.05, 0.1) is 0 Å². The predicted molar refractivity (Wildman–Crippen MR) is 111 cm³/mol. The van der Waals surface area contributed by atoms with Gasteiger partial charge in [0.2, 0.25) is 0 Å². The van der Waals surface area contributed by atoms with E-state index in [0.717, 1.165) is 29.0 Å². The van der Waals surface area contributed by atoms with Crippen molar-refractivity contribution in [3.05, 3.63) is 90.5 Å². The summed E-state index contributed by atoms with van der Waals surface area (Å²) in [6, 6.07) is 29.1. The Balaban J connectivity index is 2.12. The Kier molecular flexibility index (Phi) is 6.26. The molecule has 0 atom stereocenters. The van der Waals surface area contributed by atoms with Crippen LogP contribution in [0.4, 0.5) is 0 Å². The van der Waals surface area contributed by atoms with Crippen LogP contribution in [-0.4, -0.2) is 15.2 Å². The van der Waals surface area contributed by atoms with Crippen molar-refractivity contribution in [2.75, 3.05) is 6.61 Å². The van der Waals surface area contributed by atoms with Gasteiger partial charge in [0.15, 0.2) is 0 Å². The summed E-state index contributed by atoms with van der Waals surface area (Å²) in [5, 5.41) is 2.25. The molecule has 3 aromatic carbocycles. The highest BCUT2D eigenvalue weighted by atomic mass is 28.4. The smallest absolute Gasteiger partial charge is 0.468 e. The fraction of sp³-hybridized carbons (Fsp3) is 0.217. The van der Waals surface area contributed by atoms with Gasteiger partial charge in [-0.25, -0.2) is 0 Å². The number of hydrogen-bond donors (Lipinski definition) is 0. The van der Waals surface area contributed by atoms with Gasteiger partial charge in [-0.3, -0.25) is 0 Å². The topological polar surface area (TPSA) is 18.5 Å². The van der Waals surface area contributed by atoms with Crippen LogP contribution in [0.15, 0.2) is 84.9 Å². The summed E-state index contributed by atoms with van der Waals surface area (Å²) in [6.07, 6.45) is 1.94. The minimum atomic E-state index is -2.85. The van der Waals surface area contributed by atoms with Gasteiger partial charge >= 0.3 is 8.56 Å². The van der Waals surface area contributed by atoms with Gasteiger partial charge in [0, 0.05) is 17.0 Å². The van der Waals surface area contributed by atoms with E-state index in [1.807, 2.05) is 18.2 Å². The molecule has 3 rings (SSSR count). The summed E-state index contributed by atoms with van der Waals surface area (Å²) >= 11 is 0. The van der Waals surface area contributed by atoms with Crippen molar-refractivity contribution in [2.24, 2.45) is 0 Å². The summed E-state index contributed by atoms with van der Waals surface area (Å²) in [5.74, 6) is 0.875. The first-order valence-electron chi connectivity index (χ1n) is 9.31. The molecule has 26 heavy (non-hydrogen) atoms. The van der Waals surface area contributed by atoms with Gasteiger partial charge < -0.3 is 8.85 Å². The van der Waals surface area contributed by atoms with Crippen molar-refractivity contribution >= 4 is 18.9 Å². The van der Waals surface area contributed by atoms with Crippen LogP contribution in [0, 0.1) is 0 Å². The van der Waals surface area contributed by atoms with Crippen molar-refractivity contribution in [3.63, 3.8) is 0 Å². The van der Waals surface area contributed by atoms with Gasteiger partial charge in [-0.2, -0.15) is 0 Å². The minimum absolute atomic E-state index is 0.670. The largest absolute Gasteiger partial charge is 0.514 e. The van der Waals surface area contributed by atoms with E-state index in [4.69, 9.17) is 8.85 Å². The van der Waals surface area contributed by atoms with Gasteiger partial charge in [-0.1, -0.05) is 86.6 Å². The zero-order chi connectivity index (χ0) is 18.2. The van der Waals surface area contributed by atoms with Crippen molar-refractivity contribution in [3.8, 4) is 5.75 Å². The summed E-state index contributed by atoms with van der Waals surface area (Å²) in [7, 11) is -2.85. The lowest BCUT2D eigenvalue weighted by Crippen LogP contribution is -2.65. The van der Waals surface area contributed by atoms with Gasteiger partial charge in [0.25, 0.3) is 0 Å². The van der Waals surface area contributed by atoms with E-state index in [1.54, 1.807) is 0 Å². The first-order valence-corrected chi connectivity index (χ1v) is 11.1. The van der Waals surface area contributed by atoms with Gasteiger partial charge in [-0.05, 0) is 30.5 Å². The van der Waals surface area contributed by atoms with E-state index in [0.29, 0.717) is 6.61 Å². The third-order valence-corrected chi connectivity index (χ3v) is 7.71. The lowest BCUT2D eigenvalue weighted by molar-refractivity contribution is 0.260. The molecule has 0 fully saturated rings. The molecular weight excluding hydrogens is 336 g/mol. The molecule has 0 bridgehead atoms. The normalized spacial score (nSPS) is 11.3. The van der Waals surface area contributed by atoms with Gasteiger partial charge in [0.1, 0.15) is 5.75 Å². The summed E-state index contributed by atoms with van der Waals surface area (Å²) in [4.78, 5) is 0. The maximum absolute atomic E-state index is 6.74. The molecule has 0 spiro atoms. The minimum Gasteiger partial charge on any atom is -0.514 e. The van der Waals surface area contributed by atoms with Crippen molar-refractivity contribution in [2.45, 2.75) is 26.7 Å². The van der Waals surface area contributed by atoms with Crippen molar-refractivity contribution in [1.82, 2.24) is 0 Å². The monoisotopic (exact) mass is 362 g/mol. The maximum Gasteiger partial charge on any atom is 0.468 e. The van der Waals surface area contributed by atoms with E-state index in [9.17, 15) is 0 Å². The molecule has 0 radical (unpaired) electrons. The molecule has 0 aliphatic heterocycles. The molecule has 0 amide bonds. The average Bonchev–Trinajstić information content (AvgIpc) is 2.72. The molecule has 0 saturated carbocycles. The molecule has 3 heteroatoms. The van der Waals surface area contributed by atoms with E-state index in [-0.39, 0.29) is 0 Å². The second kappa shape index (κ2) is 8.83. The first kappa shape index (κ1) is 18.4. The maximum atomic E-state index is 6.74. The van der Waals surface area contributed by atoms with Crippen LogP contribution in [0.2, 0.25) is 0 Å². The molecule has 0 saturated heterocycles. The molecule has 0 aliphatic carbocycles. The Labute approximate surface area is 157 Å². The molecule has 2 nitrogen and oxygen atoms in total. The predicted octanol–water partition coefficient (Wildman–Crippen LogP) is 4.31. The number of hydrogen-bond acceptors (Lipinski definition) is 2. The molecule has 0 unspecified atom stereocenters. The van der Waals surface area contributed by atoms with Crippen LogP contribution >= 0.6 is 0 Å². The third kappa shape index (κ3) is 4.06. The molecule has 0 heterocycles. The lowest BCUT2D eigenvalue weighted by atomic mass is 10.2. The molecule has 0 aromatic heterocycles. The van der Waals surface area contributed by atoms with Crippen LogP contribution in [0.1, 0.15) is 25.8 Å². The quantitative estimate of drug-likeness (QED) is 0.556. The number of benzene rings is 3. The summed E-state index contributed by atoms with van der Waals surface area (Å²) in [5.41, 5.74) is 1.27. The first-order chi connectivity index (χ1) is 12.8. The highest BCUT2D eigenvalue weighted by molar-refractivity contribution is 6.93. The number of rotatable bonds is 8. The third-order valence-electron chi connectivity index (χ3n) is 4.39. The van der Waals surface area contributed by atoms with Crippen LogP contribution in [0.25, 0.3) is 0 Å². The lowest BCUT2D eigenvalue weighted by Gasteiger charge is -2.32. The highest BCUT2D eigenvalue weighted by Gasteiger charge is 2.44. The average molecular weight is 363 g/mol. The standard InChI is InChI=1S/C23H26O2Si/c1-3-18-24-26(22-14-7-5-8-15-22,23-16-9-6-10-17-23)25-21-13-11-12-20(4-2)19-21/h5-17,19H,3-4,18H2,1-2H3. The van der Waals surface area contributed by atoms with Crippen LogP contribution in [0.5, 0.6) is 5.75 Å². The molecule has 3 aromatic rings. The SMILES string of the molecule is CCCO[Si](Oc1cccc(CC)c1)(c1ccccc1)c1ccccc1. The fourth-order valence-electron chi connectivity index (χ4n) is 3.04. The van der Waals surface area contributed by atoms with Crippen molar-refractivity contribution in [1.29, 1.82) is 0 Å². The molecule has 0 N–H and O–H groups in total. The Morgan fingerprint density at radius 3 is 1.88 bits per heavy atom. The molecular formula is C23H26O2Si. The van der Waals surface area contributed by atoms with E-state index >= 15 is 0 Å². The number of aryl methyl sites for hydroxylation is 1. The van der Waals surface area contributed by atoms with E-state index in [1.165, 1.54) is 5.56 Å². The second-order valence-corrected chi connectivity index (χ2v) is 9.18. The summed E-state index contributed by atoms with van der Waals surface area (Å²) in [6.45, 7) is 4.96. The fourth-order valence-corrected chi connectivity index (χ4v) is 6.21. The highest BCUT2D eigenvalue weighted by Crippen LogP contribution is 2.20. The Morgan fingerprint density at radius 2 is 1.35 bits per heavy atom. The van der Waals surface area contributed by atoms with Gasteiger partial charge in [-0.15, -0.1) is 0 Å². The summed E-state index contributed by atoms with van der Waals surface area (Å²) < 4.78 is 13.3. The Bertz CT molecular complexity index is 763. The molecule has 0 aliphatic rings. The van der Waals surface area contributed by atoms with Crippen molar-refractivity contribution < 1.29 is 8.85 Å². The Morgan fingerprint density at radius 1 is 0.731 bits per heavy atom. The van der Waals surface area contributed by atoms with Crippen LogP contribution < -0.4 is 14.8 Å². The van der Waals surface area contributed by atoms with Crippen LogP contribution in [0.3, 0.4) is 0 Å². The molecule has 134 valence electrons.